The molecule has 4 nitrogen and oxygen atoms in total. The molecule has 3 aromatic carbocycles. The van der Waals surface area contributed by atoms with Crippen molar-refractivity contribution in [2.75, 3.05) is 26.2 Å². The Morgan fingerprint density at radius 3 is 1.23 bits per heavy atom. The lowest BCUT2D eigenvalue weighted by Gasteiger charge is -2.32. The molecule has 0 bridgehead atoms. The number of carbonyl (C=O) groups excluding carboxylic acids is 2. The number of benzene rings is 3. The molecule has 0 radical (unpaired) electrons. The summed E-state index contributed by atoms with van der Waals surface area (Å²) < 4.78 is 0. The first kappa shape index (κ1) is 28.1. The van der Waals surface area contributed by atoms with Crippen LogP contribution in [0.1, 0.15) is 83.2 Å². The molecule has 0 saturated carbocycles. The molecule has 2 saturated heterocycles. The van der Waals surface area contributed by atoms with Crippen LogP contribution in [0.2, 0.25) is 0 Å². The van der Waals surface area contributed by atoms with Crippen LogP contribution in [-0.2, 0) is 12.8 Å². The normalized spacial score (nSPS) is 16.7. The van der Waals surface area contributed by atoms with E-state index >= 15 is 0 Å². The molecule has 2 aliphatic heterocycles. The van der Waals surface area contributed by atoms with Gasteiger partial charge < -0.3 is 9.80 Å². The second-order valence-electron chi connectivity index (χ2n) is 11.8. The molecule has 0 N–H and O–H groups in total. The Hall–Kier alpha value is -3.40. The van der Waals surface area contributed by atoms with Crippen molar-refractivity contribution in [2.45, 2.75) is 64.2 Å². The van der Waals surface area contributed by atoms with E-state index in [1.165, 1.54) is 36.8 Å². The fourth-order valence-corrected chi connectivity index (χ4v) is 6.45. The van der Waals surface area contributed by atoms with E-state index in [-0.39, 0.29) is 11.8 Å². The van der Waals surface area contributed by atoms with Gasteiger partial charge in [0.25, 0.3) is 11.8 Å². The van der Waals surface area contributed by atoms with Crippen LogP contribution in [0, 0.1) is 11.8 Å². The standard InChI is InChI=1S/C36H44N2O2/c39-35(37-25-21-31(22-26-37)15-7-13-29-9-3-1-4-10-29)33-17-19-34(20-18-33)36(40)38-27-23-32(24-28-38)16-8-14-30-11-5-2-6-12-30/h1-6,9-12,17-20,31-32H,7-8,13-16,21-28H2. The topological polar surface area (TPSA) is 40.6 Å². The van der Waals surface area contributed by atoms with Crippen molar-refractivity contribution in [3.63, 3.8) is 0 Å². The molecular weight excluding hydrogens is 492 g/mol. The lowest BCUT2D eigenvalue weighted by atomic mass is 9.90. The molecule has 5 rings (SSSR count). The van der Waals surface area contributed by atoms with Crippen LogP contribution >= 0.6 is 0 Å². The van der Waals surface area contributed by atoms with Gasteiger partial charge in [-0.3, -0.25) is 9.59 Å². The molecule has 2 fully saturated rings. The fraction of sp³-hybridized carbons (Fsp3) is 0.444. The molecule has 210 valence electrons. The molecular formula is C36H44N2O2. The summed E-state index contributed by atoms with van der Waals surface area (Å²) in [5.74, 6) is 1.61. The zero-order chi connectivity index (χ0) is 27.6. The Morgan fingerprint density at radius 1 is 0.525 bits per heavy atom. The van der Waals surface area contributed by atoms with Crippen molar-refractivity contribution in [1.82, 2.24) is 9.80 Å². The zero-order valence-electron chi connectivity index (χ0n) is 23.8. The summed E-state index contributed by atoms with van der Waals surface area (Å²) in [4.78, 5) is 30.2. The first-order valence-corrected chi connectivity index (χ1v) is 15.4. The van der Waals surface area contributed by atoms with Gasteiger partial charge in [-0.2, -0.15) is 0 Å². The van der Waals surface area contributed by atoms with Crippen molar-refractivity contribution in [1.29, 1.82) is 0 Å². The van der Waals surface area contributed by atoms with Crippen molar-refractivity contribution < 1.29 is 9.59 Å². The average Bonchev–Trinajstić information content (AvgIpc) is 3.02. The Morgan fingerprint density at radius 2 is 0.875 bits per heavy atom. The van der Waals surface area contributed by atoms with Gasteiger partial charge in [-0.15, -0.1) is 0 Å². The van der Waals surface area contributed by atoms with Crippen molar-refractivity contribution in [3.8, 4) is 0 Å². The molecule has 40 heavy (non-hydrogen) atoms. The molecule has 0 aromatic heterocycles. The smallest absolute Gasteiger partial charge is 0.253 e. The molecule has 3 aromatic rings. The number of rotatable bonds is 10. The summed E-state index contributed by atoms with van der Waals surface area (Å²) >= 11 is 0. The van der Waals surface area contributed by atoms with E-state index < -0.39 is 0 Å². The summed E-state index contributed by atoms with van der Waals surface area (Å²) in [6, 6.07) is 28.8. The number of aryl methyl sites for hydroxylation is 2. The van der Waals surface area contributed by atoms with Gasteiger partial charge in [0.2, 0.25) is 0 Å². The van der Waals surface area contributed by atoms with Crippen LogP contribution in [0.4, 0.5) is 0 Å². The fourth-order valence-electron chi connectivity index (χ4n) is 6.45. The highest BCUT2D eigenvalue weighted by Crippen LogP contribution is 2.26. The summed E-state index contributed by atoms with van der Waals surface area (Å²) in [5, 5.41) is 0. The van der Waals surface area contributed by atoms with E-state index in [2.05, 4.69) is 60.7 Å². The maximum atomic E-state index is 13.1. The third kappa shape index (κ3) is 7.84. The van der Waals surface area contributed by atoms with E-state index in [0.29, 0.717) is 23.0 Å². The quantitative estimate of drug-likeness (QED) is 0.270. The van der Waals surface area contributed by atoms with Gasteiger partial charge in [0.15, 0.2) is 0 Å². The van der Waals surface area contributed by atoms with E-state index in [1.807, 2.05) is 34.1 Å². The molecule has 0 atom stereocenters. The summed E-state index contributed by atoms with van der Waals surface area (Å²) in [6.45, 7) is 3.32. The minimum atomic E-state index is 0.0954. The minimum Gasteiger partial charge on any atom is -0.339 e. The number of nitrogens with zero attached hydrogens (tertiary/aromatic N) is 2. The van der Waals surface area contributed by atoms with Gasteiger partial charge in [0.05, 0.1) is 0 Å². The number of hydrogen-bond donors (Lipinski definition) is 0. The van der Waals surface area contributed by atoms with Crippen LogP contribution in [0.25, 0.3) is 0 Å². The van der Waals surface area contributed by atoms with Gasteiger partial charge in [-0.1, -0.05) is 60.7 Å². The van der Waals surface area contributed by atoms with E-state index in [9.17, 15) is 9.59 Å². The van der Waals surface area contributed by atoms with Gasteiger partial charge in [-0.05, 0) is 111 Å². The van der Waals surface area contributed by atoms with E-state index in [1.54, 1.807) is 0 Å². The Kier molecular flexibility index (Phi) is 10.1. The molecule has 4 heteroatoms. The summed E-state index contributed by atoms with van der Waals surface area (Å²) in [7, 11) is 0. The summed E-state index contributed by atoms with van der Waals surface area (Å²) in [6.07, 6.45) is 11.5. The second kappa shape index (κ2) is 14.3. The Balaban J connectivity index is 1.01. The minimum absolute atomic E-state index is 0.0954. The van der Waals surface area contributed by atoms with Gasteiger partial charge in [0.1, 0.15) is 0 Å². The zero-order valence-corrected chi connectivity index (χ0v) is 23.8. The highest BCUT2D eigenvalue weighted by molar-refractivity contribution is 5.98. The monoisotopic (exact) mass is 536 g/mol. The molecule has 0 unspecified atom stereocenters. The van der Waals surface area contributed by atoms with Gasteiger partial charge in [0, 0.05) is 37.3 Å². The summed E-state index contributed by atoms with van der Waals surface area (Å²) in [5.41, 5.74) is 4.21. The van der Waals surface area contributed by atoms with Gasteiger partial charge in [-0.25, -0.2) is 0 Å². The first-order valence-electron chi connectivity index (χ1n) is 15.4. The van der Waals surface area contributed by atoms with Crippen LogP contribution in [0.15, 0.2) is 84.9 Å². The van der Waals surface area contributed by atoms with Crippen molar-refractivity contribution >= 4 is 11.8 Å². The SMILES string of the molecule is O=C(c1ccc(C(=O)N2CCC(CCCc3ccccc3)CC2)cc1)N1CCC(CCCc2ccccc2)CC1. The molecule has 2 amide bonds. The number of likely N-dealkylation sites (tertiary alicyclic amines) is 2. The lowest BCUT2D eigenvalue weighted by molar-refractivity contribution is 0.0674. The third-order valence-electron chi connectivity index (χ3n) is 9.02. The first-order chi connectivity index (χ1) is 19.7. The number of amides is 2. The van der Waals surface area contributed by atoms with Gasteiger partial charge >= 0.3 is 0 Å². The predicted octanol–water partition coefficient (Wildman–Crippen LogP) is 7.44. The molecule has 2 heterocycles. The second-order valence-corrected chi connectivity index (χ2v) is 11.8. The van der Waals surface area contributed by atoms with Crippen LogP contribution in [0.3, 0.4) is 0 Å². The molecule has 2 aliphatic rings. The highest BCUT2D eigenvalue weighted by Gasteiger charge is 2.25. The Bertz CT molecular complexity index is 1100. The Labute approximate surface area is 240 Å². The largest absolute Gasteiger partial charge is 0.339 e. The van der Waals surface area contributed by atoms with Crippen LogP contribution in [-0.4, -0.2) is 47.8 Å². The lowest BCUT2D eigenvalue weighted by Crippen LogP contribution is -2.39. The van der Waals surface area contributed by atoms with Crippen molar-refractivity contribution in [2.24, 2.45) is 11.8 Å². The highest BCUT2D eigenvalue weighted by atomic mass is 16.2. The number of piperidine rings is 2. The number of hydrogen-bond acceptors (Lipinski definition) is 2. The predicted molar refractivity (Wildman–Crippen MR) is 162 cm³/mol. The third-order valence-corrected chi connectivity index (χ3v) is 9.02. The average molecular weight is 537 g/mol. The van der Waals surface area contributed by atoms with E-state index in [4.69, 9.17) is 0 Å². The maximum absolute atomic E-state index is 13.1. The van der Waals surface area contributed by atoms with Crippen LogP contribution in [0.5, 0.6) is 0 Å². The van der Waals surface area contributed by atoms with Crippen LogP contribution < -0.4 is 0 Å². The van der Waals surface area contributed by atoms with Crippen molar-refractivity contribution in [3.05, 3.63) is 107 Å². The maximum Gasteiger partial charge on any atom is 0.253 e. The number of carbonyl (C=O) groups is 2. The molecule has 0 spiro atoms. The molecule has 0 aliphatic carbocycles. The van der Waals surface area contributed by atoms with E-state index in [0.717, 1.165) is 64.7 Å².